The molecule has 0 radical (unpaired) electrons. The van der Waals surface area contributed by atoms with Crippen molar-refractivity contribution in [3.8, 4) is 16.9 Å². The van der Waals surface area contributed by atoms with Crippen LogP contribution in [0.15, 0.2) is 23.3 Å². The fraction of sp³-hybridized carbons (Fsp3) is 0.381. The van der Waals surface area contributed by atoms with Crippen molar-refractivity contribution in [2.75, 3.05) is 12.4 Å². The number of nitrogens with zero attached hydrogens (tertiary/aromatic N) is 3. The van der Waals surface area contributed by atoms with E-state index in [1.165, 1.54) is 44.8 Å². The normalized spacial score (nSPS) is 13.7. The number of anilines is 1. The number of pyridine rings is 2. The number of H-pyrrole nitrogens is 1. The molecular weight excluding hydrogens is 473 g/mol. The predicted molar refractivity (Wildman–Crippen MR) is 124 cm³/mol. The number of amides is 1. The number of rotatable bonds is 4. The average Bonchev–Trinajstić information content (AvgIpc) is 3.20. The molecule has 3 aromatic rings. The Labute approximate surface area is 198 Å². The van der Waals surface area contributed by atoms with Crippen molar-refractivity contribution < 1.29 is 19.0 Å². The minimum atomic E-state index is -0.824. The molecule has 3 aromatic heterocycles. The molecule has 0 atom stereocenters. The lowest BCUT2D eigenvalue weighted by atomic mass is 9.98. The zero-order chi connectivity index (χ0) is 24.0. The Bertz CT molecular complexity index is 1180. The third-order valence-corrected chi connectivity index (χ3v) is 5.88. The van der Waals surface area contributed by atoms with Gasteiger partial charge in [0, 0.05) is 17.5 Å². The molecule has 1 saturated carbocycles. The standard InChI is InChI=1S/C15H11ClFN5O3S.C6H12O/c1-6-3-7(10-9(25-2)5-19-12(16)11(10)17)8(4-18-6)13(23)20-14-21-22-15(24)26-14;7-6-4-2-1-3-5-6/h3-5H,1-2H3,(H,22,24)(H,20,21,23);6-7H,1-5H2. The molecule has 0 unspecified atom stereocenters. The van der Waals surface area contributed by atoms with Crippen LogP contribution in [0, 0.1) is 12.7 Å². The summed E-state index contributed by atoms with van der Waals surface area (Å²) < 4.78 is 19.8. The van der Waals surface area contributed by atoms with Crippen LogP contribution in [0.3, 0.4) is 0 Å². The lowest BCUT2D eigenvalue weighted by molar-refractivity contribution is 0.102. The topological polar surface area (TPSA) is 130 Å². The molecule has 0 bridgehead atoms. The van der Waals surface area contributed by atoms with Gasteiger partial charge in [-0.1, -0.05) is 30.9 Å². The first kappa shape index (κ1) is 24.7. The van der Waals surface area contributed by atoms with Gasteiger partial charge in [-0.05, 0) is 37.2 Å². The second kappa shape index (κ2) is 11.3. The number of carbonyl (C=O) groups excluding carboxylic acids is 1. The number of aliphatic hydroxyl groups is 1. The van der Waals surface area contributed by atoms with Crippen LogP contribution >= 0.6 is 22.9 Å². The summed E-state index contributed by atoms with van der Waals surface area (Å²) in [5.74, 6) is -1.34. The molecule has 1 aliphatic rings. The van der Waals surface area contributed by atoms with E-state index in [2.05, 4.69) is 25.5 Å². The van der Waals surface area contributed by atoms with E-state index in [0.29, 0.717) is 5.69 Å². The highest BCUT2D eigenvalue weighted by Crippen LogP contribution is 2.37. The fourth-order valence-electron chi connectivity index (χ4n) is 3.33. The van der Waals surface area contributed by atoms with Crippen LogP contribution in [-0.2, 0) is 0 Å². The van der Waals surface area contributed by atoms with E-state index in [1.54, 1.807) is 6.92 Å². The number of halogens is 2. The fourth-order valence-corrected chi connectivity index (χ4v) is 3.98. The van der Waals surface area contributed by atoms with Crippen LogP contribution in [0.1, 0.15) is 48.2 Å². The van der Waals surface area contributed by atoms with Gasteiger partial charge < -0.3 is 9.84 Å². The van der Waals surface area contributed by atoms with Gasteiger partial charge in [0.25, 0.3) is 5.91 Å². The number of hydrogen-bond donors (Lipinski definition) is 3. The molecule has 3 N–H and O–H groups in total. The Kier molecular flexibility index (Phi) is 8.48. The molecule has 0 aromatic carbocycles. The molecule has 0 aliphatic heterocycles. The first-order chi connectivity index (χ1) is 15.8. The van der Waals surface area contributed by atoms with E-state index in [0.717, 1.165) is 24.2 Å². The molecule has 33 heavy (non-hydrogen) atoms. The molecular formula is C21H23ClFN5O4S. The molecule has 9 nitrogen and oxygen atoms in total. The lowest BCUT2D eigenvalue weighted by Crippen LogP contribution is -2.14. The van der Waals surface area contributed by atoms with E-state index < -0.39 is 16.6 Å². The summed E-state index contributed by atoms with van der Waals surface area (Å²) >= 11 is 6.52. The number of aromatic nitrogens is 4. The minimum Gasteiger partial charge on any atom is -0.494 e. The zero-order valence-electron chi connectivity index (χ0n) is 18.0. The van der Waals surface area contributed by atoms with E-state index in [4.69, 9.17) is 21.4 Å². The van der Waals surface area contributed by atoms with Crippen LogP contribution in [0.4, 0.5) is 9.52 Å². The molecule has 4 rings (SSSR count). The number of nitrogens with one attached hydrogen (secondary N) is 2. The molecule has 1 fully saturated rings. The molecule has 176 valence electrons. The van der Waals surface area contributed by atoms with Gasteiger partial charge in [0.2, 0.25) is 5.13 Å². The Morgan fingerprint density at radius 2 is 2.03 bits per heavy atom. The third kappa shape index (κ3) is 6.34. The summed E-state index contributed by atoms with van der Waals surface area (Å²) in [4.78, 5) is 31.1. The number of ether oxygens (including phenoxy) is 1. The van der Waals surface area contributed by atoms with Crippen molar-refractivity contribution in [1.82, 2.24) is 20.2 Å². The van der Waals surface area contributed by atoms with Gasteiger partial charge in [-0.3, -0.25) is 19.9 Å². The Morgan fingerprint density at radius 1 is 1.30 bits per heavy atom. The number of carbonyl (C=O) groups is 1. The molecule has 0 saturated heterocycles. The van der Waals surface area contributed by atoms with Gasteiger partial charge in [-0.2, -0.15) is 0 Å². The lowest BCUT2D eigenvalue weighted by Gasteiger charge is -2.14. The third-order valence-electron chi connectivity index (χ3n) is 4.95. The second-order valence-corrected chi connectivity index (χ2v) is 8.66. The maximum absolute atomic E-state index is 14.7. The van der Waals surface area contributed by atoms with Gasteiger partial charge in [-0.15, -0.1) is 5.10 Å². The number of aromatic amines is 1. The van der Waals surface area contributed by atoms with Gasteiger partial charge in [0.15, 0.2) is 11.0 Å². The van der Waals surface area contributed by atoms with E-state index in [9.17, 15) is 14.0 Å². The summed E-state index contributed by atoms with van der Waals surface area (Å²) in [6.45, 7) is 1.69. The first-order valence-corrected chi connectivity index (χ1v) is 11.4. The predicted octanol–water partition coefficient (Wildman–Crippen LogP) is 3.96. The number of methoxy groups -OCH3 is 1. The average molecular weight is 496 g/mol. The second-order valence-electron chi connectivity index (χ2n) is 7.34. The van der Waals surface area contributed by atoms with Crippen LogP contribution in [0.2, 0.25) is 5.15 Å². The van der Waals surface area contributed by atoms with Gasteiger partial charge in [0.05, 0.1) is 30.5 Å². The van der Waals surface area contributed by atoms with Crippen molar-refractivity contribution in [3.05, 3.63) is 50.4 Å². The molecule has 1 aliphatic carbocycles. The Hall–Kier alpha value is -2.89. The number of aryl methyl sites for hydroxylation is 1. The Morgan fingerprint density at radius 3 is 2.61 bits per heavy atom. The maximum atomic E-state index is 14.7. The highest BCUT2D eigenvalue weighted by Gasteiger charge is 2.23. The van der Waals surface area contributed by atoms with Gasteiger partial charge in [0.1, 0.15) is 5.75 Å². The summed E-state index contributed by atoms with van der Waals surface area (Å²) in [5, 5.41) is 17.0. The number of aliphatic hydroxyl groups excluding tert-OH is 1. The van der Waals surface area contributed by atoms with Crippen LogP contribution < -0.4 is 14.9 Å². The quantitative estimate of drug-likeness (QED) is 0.467. The van der Waals surface area contributed by atoms with Crippen LogP contribution in [-0.4, -0.2) is 44.4 Å². The largest absolute Gasteiger partial charge is 0.494 e. The van der Waals surface area contributed by atoms with E-state index >= 15 is 0 Å². The van der Waals surface area contributed by atoms with Crippen molar-refractivity contribution in [1.29, 1.82) is 0 Å². The first-order valence-electron chi connectivity index (χ1n) is 10.2. The van der Waals surface area contributed by atoms with Crippen molar-refractivity contribution in [2.24, 2.45) is 0 Å². The Balaban J connectivity index is 0.000000374. The zero-order valence-corrected chi connectivity index (χ0v) is 19.6. The van der Waals surface area contributed by atoms with Crippen LogP contribution in [0.5, 0.6) is 5.75 Å². The smallest absolute Gasteiger partial charge is 0.324 e. The summed E-state index contributed by atoms with van der Waals surface area (Å²) in [6, 6.07) is 1.53. The van der Waals surface area contributed by atoms with E-state index in [1.807, 2.05) is 0 Å². The van der Waals surface area contributed by atoms with Crippen molar-refractivity contribution >= 4 is 34.0 Å². The highest BCUT2D eigenvalue weighted by molar-refractivity contribution is 7.13. The van der Waals surface area contributed by atoms with E-state index in [-0.39, 0.29) is 38.8 Å². The molecule has 3 heterocycles. The minimum absolute atomic E-state index is 0.0154. The number of hydrogen-bond acceptors (Lipinski definition) is 8. The molecule has 12 heteroatoms. The maximum Gasteiger partial charge on any atom is 0.324 e. The summed E-state index contributed by atoms with van der Waals surface area (Å²) in [6.07, 6.45) is 8.48. The monoisotopic (exact) mass is 495 g/mol. The van der Waals surface area contributed by atoms with Crippen molar-refractivity contribution in [2.45, 2.75) is 45.1 Å². The van der Waals surface area contributed by atoms with Crippen LogP contribution in [0.25, 0.3) is 11.1 Å². The van der Waals surface area contributed by atoms with Crippen molar-refractivity contribution in [3.63, 3.8) is 0 Å². The molecule has 1 amide bonds. The summed E-state index contributed by atoms with van der Waals surface area (Å²) in [7, 11) is 1.35. The SMILES string of the molecule is COc1cnc(Cl)c(F)c1-c1cc(C)ncc1C(=O)Nc1n[nH]c(=O)s1.OC1CCCCC1. The molecule has 0 spiro atoms. The van der Waals surface area contributed by atoms with Gasteiger partial charge >= 0.3 is 4.87 Å². The van der Waals surface area contributed by atoms with Gasteiger partial charge in [-0.25, -0.2) is 14.5 Å². The summed E-state index contributed by atoms with van der Waals surface area (Å²) in [5.41, 5.74) is 0.808. The highest BCUT2D eigenvalue weighted by atomic mass is 35.5.